The molecule has 4 aliphatic rings. The van der Waals surface area contributed by atoms with Crippen molar-refractivity contribution in [1.29, 1.82) is 0 Å². The number of hydrogen-bond acceptors (Lipinski definition) is 5. The molecule has 2 bridgehead atoms. The molecule has 1 heterocycles. The van der Waals surface area contributed by atoms with Crippen LogP contribution in [-0.4, -0.2) is 22.6 Å². The zero-order valence-corrected chi connectivity index (χ0v) is 16.4. The molecule has 156 valence electrons. The molecule has 3 aliphatic carbocycles. The van der Waals surface area contributed by atoms with E-state index < -0.39 is 10.8 Å². The van der Waals surface area contributed by atoms with Crippen LogP contribution in [0.2, 0.25) is 0 Å². The molecule has 1 saturated carbocycles. The number of fused-ring (bicyclic) bond motifs is 1. The maximum Gasteiger partial charge on any atom is 0.292 e. The summed E-state index contributed by atoms with van der Waals surface area (Å²) in [5.74, 6) is -1.23. The van der Waals surface area contributed by atoms with E-state index in [1.54, 1.807) is 18.2 Å². The van der Waals surface area contributed by atoms with Crippen molar-refractivity contribution in [2.75, 3.05) is 10.2 Å². The van der Waals surface area contributed by atoms with Gasteiger partial charge in [-0.15, -0.1) is 0 Å². The van der Waals surface area contributed by atoms with E-state index in [0.717, 1.165) is 12.8 Å². The molecule has 2 aromatic rings. The molecule has 1 N–H and O–H groups in total. The van der Waals surface area contributed by atoms with Gasteiger partial charge in [0.05, 0.1) is 22.4 Å². The Kier molecular flexibility index (Phi) is 4.43. The first-order valence-electron chi connectivity index (χ1n) is 10.2. The molecule has 8 nitrogen and oxygen atoms in total. The Balaban J connectivity index is 1.36. The summed E-state index contributed by atoms with van der Waals surface area (Å²) in [6.45, 7) is 0. The van der Waals surface area contributed by atoms with E-state index in [4.69, 9.17) is 0 Å². The number of nitrogens with one attached hydrogen (secondary N) is 1. The first-order chi connectivity index (χ1) is 15.0. The average Bonchev–Trinajstić information content (AvgIpc) is 3.07. The number of amides is 3. The summed E-state index contributed by atoms with van der Waals surface area (Å²) >= 11 is 0. The zero-order chi connectivity index (χ0) is 21.7. The number of imide groups is 1. The Morgan fingerprint density at radius 2 is 1.52 bits per heavy atom. The molecule has 0 spiro atoms. The van der Waals surface area contributed by atoms with Crippen LogP contribution >= 0.6 is 0 Å². The number of benzene rings is 2. The summed E-state index contributed by atoms with van der Waals surface area (Å²) in [5.41, 5.74) is 0.594. The summed E-state index contributed by atoms with van der Waals surface area (Å²) in [6, 6.07) is 12.0. The Bertz CT molecular complexity index is 1110. The highest BCUT2D eigenvalue weighted by Crippen LogP contribution is 2.50. The van der Waals surface area contributed by atoms with Crippen LogP contribution in [-0.2, 0) is 9.59 Å². The van der Waals surface area contributed by atoms with E-state index in [1.165, 1.54) is 35.2 Å². The fourth-order valence-corrected chi connectivity index (χ4v) is 5.02. The number of rotatable bonds is 4. The molecule has 2 fully saturated rings. The normalized spacial score (nSPS) is 26.1. The summed E-state index contributed by atoms with van der Waals surface area (Å²) in [5, 5.41) is 13.7. The number of allylic oxidation sites excluding steroid dienone is 2. The highest BCUT2D eigenvalue weighted by Gasteiger charge is 2.56. The van der Waals surface area contributed by atoms with Crippen molar-refractivity contribution in [2.24, 2.45) is 23.7 Å². The van der Waals surface area contributed by atoms with E-state index in [9.17, 15) is 24.5 Å². The van der Waals surface area contributed by atoms with Gasteiger partial charge in [0.15, 0.2) is 0 Å². The quantitative estimate of drug-likeness (QED) is 0.354. The third-order valence-corrected chi connectivity index (χ3v) is 6.50. The number of nitro benzene ring substituents is 1. The Labute approximate surface area is 177 Å². The van der Waals surface area contributed by atoms with Crippen molar-refractivity contribution < 1.29 is 19.3 Å². The van der Waals surface area contributed by atoms with Gasteiger partial charge in [-0.25, -0.2) is 0 Å². The molecule has 1 saturated heterocycles. The summed E-state index contributed by atoms with van der Waals surface area (Å²) in [6.07, 6.45) is 6.00. The predicted molar refractivity (Wildman–Crippen MR) is 112 cm³/mol. The zero-order valence-electron chi connectivity index (χ0n) is 16.4. The minimum absolute atomic E-state index is 0.0959. The van der Waals surface area contributed by atoms with Crippen molar-refractivity contribution in [2.45, 2.75) is 12.8 Å². The van der Waals surface area contributed by atoms with Crippen molar-refractivity contribution >= 4 is 34.8 Å². The molecule has 31 heavy (non-hydrogen) atoms. The molecule has 6 rings (SSSR count). The number of anilines is 2. The second-order valence-electron chi connectivity index (χ2n) is 8.13. The van der Waals surface area contributed by atoms with Gasteiger partial charge < -0.3 is 5.32 Å². The lowest BCUT2D eigenvalue weighted by Gasteiger charge is -2.38. The van der Waals surface area contributed by atoms with Crippen LogP contribution in [0.1, 0.15) is 23.2 Å². The Hall–Kier alpha value is -3.81. The molecule has 8 heteroatoms. The van der Waals surface area contributed by atoms with Crippen LogP contribution in [0.4, 0.5) is 17.1 Å². The monoisotopic (exact) mass is 417 g/mol. The van der Waals surface area contributed by atoms with E-state index in [2.05, 4.69) is 17.5 Å². The number of carbonyl (C=O) groups is 3. The van der Waals surface area contributed by atoms with E-state index in [1.807, 2.05) is 0 Å². The Morgan fingerprint density at radius 3 is 2.06 bits per heavy atom. The third kappa shape index (κ3) is 3.02. The smallest absolute Gasteiger partial charge is 0.292 e. The van der Waals surface area contributed by atoms with E-state index >= 15 is 0 Å². The molecular weight excluding hydrogens is 398 g/mol. The van der Waals surface area contributed by atoms with Crippen molar-refractivity contribution in [3.8, 4) is 0 Å². The minimum atomic E-state index is -0.565. The lowest BCUT2D eigenvalue weighted by molar-refractivity contribution is -0.383. The molecule has 4 unspecified atom stereocenters. The lowest BCUT2D eigenvalue weighted by atomic mass is 9.63. The van der Waals surface area contributed by atoms with Crippen molar-refractivity contribution in [3.05, 3.63) is 76.4 Å². The van der Waals surface area contributed by atoms with Crippen molar-refractivity contribution in [1.82, 2.24) is 0 Å². The van der Waals surface area contributed by atoms with Gasteiger partial charge in [0.2, 0.25) is 11.8 Å². The number of nitrogens with zero attached hydrogens (tertiary/aromatic N) is 2. The highest BCUT2D eigenvalue weighted by atomic mass is 16.6. The summed E-state index contributed by atoms with van der Waals surface area (Å²) in [7, 11) is 0. The van der Waals surface area contributed by atoms with Crippen LogP contribution in [0.5, 0.6) is 0 Å². The molecule has 1 aliphatic heterocycles. The fourth-order valence-electron chi connectivity index (χ4n) is 5.02. The number of carbonyl (C=O) groups excluding carboxylic acids is 3. The third-order valence-electron chi connectivity index (χ3n) is 6.50. The first kappa shape index (κ1) is 19.2. The van der Waals surface area contributed by atoms with Gasteiger partial charge in [0, 0.05) is 11.6 Å². The summed E-state index contributed by atoms with van der Waals surface area (Å²) in [4.78, 5) is 50.4. The van der Waals surface area contributed by atoms with Gasteiger partial charge in [-0.1, -0.05) is 24.3 Å². The average molecular weight is 417 g/mol. The van der Waals surface area contributed by atoms with Gasteiger partial charge in [-0.05, 0) is 55.0 Å². The minimum Gasteiger partial charge on any atom is -0.316 e. The standard InChI is InChI=1S/C23H19N3O5/c27-21(24-17-3-1-2-4-18(17)26(30)31)15-9-11-16(12-10-15)25-22(28)19-13-5-6-14(8-7-13)20(19)23(25)29/h1-6,9-14,19-20H,7-8H2,(H,24,27). The van der Waals surface area contributed by atoms with Crippen LogP contribution in [0.3, 0.4) is 0 Å². The molecule has 2 aromatic carbocycles. The number of hydrogen-bond donors (Lipinski definition) is 1. The molecule has 3 amide bonds. The van der Waals surface area contributed by atoms with Crippen LogP contribution in [0.15, 0.2) is 60.7 Å². The predicted octanol–water partition coefficient (Wildman–Crippen LogP) is 3.55. The molecule has 0 aromatic heterocycles. The lowest BCUT2D eigenvalue weighted by Crippen LogP contribution is -2.38. The maximum atomic E-state index is 13.0. The summed E-state index contributed by atoms with van der Waals surface area (Å²) < 4.78 is 0. The van der Waals surface area contributed by atoms with E-state index in [-0.39, 0.29) is 52.4 Å². The first-order valence-corrected chi connectivity index (χ1v) is 10.2. The molecular formula is C23H19N3O5. The maximum absolute atomic E-state index is 13.0. The Morgan fingerprint density at radius 1 is 0.935 bits per heavy atom. The van der Waals surface area contributed by atoms with Gasteiger partial charge in [0.1, 0.15) is 5.69 Å². The van der Waals surface area contributed by atoms with Crippen LogP contribution < -0.4 is 10.2 Å². The topological polar surface area (TPSA) is 110 Å². The second-order valence-corrected chi connectivity index (χ2v) is 8.13. The SMILES string of the molecule is O=C(Nc1ccccc1[N+](=O)[O-])c1ccc(N2C(=O)C3C4C=CC(CC4)C3C2=O)cc1. The highest BCUT2D eigenvalue weighted by molar-refractivity contribution is 6.22. The largest absolute Gasteiger partial charge is 0.316 e. The van der Waals surface area contributed by atoms with Crippen LogP contribution in [0.25, 0.3) is 0 Å². The van der Waals surface area contributed by atoms with Gasteiger partial charge in [-0.2, -0.15) is 0 Å². The van der Waals surface area contributed by atoms with Crippen molar-refractivity contribution in [3.63, 3.8) is 0 Å². The second kappa shape index (κ2) is 7.16. The number of nitro groups is 1. The van der Waals surface area contributed by atoms with Gasteiger partial charge in [-0.3, -0.25) is 29.4 Å². The van der Waals surface area contributed by atoms with Gasteiger partial charge in [0.25, 0.3) is 11.6 Å². The fraction of sp³-hybridized carbons (Fsp3) is 0.261. The van der Waals surface area contributed by atoms with Crippen LogP contribution in [0, 0.1) is 33.8 Å². The number of para-hydroxylation sites is 2. The molecule has 0 radical (unpaired) electrons. The van der Waals surface area contributed by atoms with Gasteiger partial charge >= 0.3 is 0 Å². The molecule has 4 atom stereocenters. The van der Waals surface area contributed by atoms with E-state index in [0.29, 0.717) is 5.69 Å².